The molecule has 8 heteroatoms. The van der Waals surface area contributed by atoms with Crippen LogP contribution in [0.25, 0.3) is 0 Å². The van der Waals surface area contributed by atoms with Crippen molar-refractivity contribution in [1.82, 2.24) is 10.6 Å². The molecule has 0 radical (unpaired) electrons. The third-order valence-electron chi connectivity index (χ3n) is 2.55. The Labute approximate surface area is 117 Å². The number of carboxylic acid groups (broad SMARTS) is 2. The molecule has 0 rings (SSSR count). The number of hydrogen-bond donors (Lipinski definition) is 4. The highest BCUT2D eigenvalue weighted by Gasteiger charge is 2.19. The molecule has 0 aliphatic carbocycles. The average molecular weight is 290 g/mol. The van der Waals surface area contributed by atoms with E-state index in [-0.39, 0.29) is 19.3 Å². The number of hydrogen-bond acceptors (Lipinski definition) is 4. The first-order valence-electron chi connectivity index (χ1n) is 6.45. The number of nitrogens with one attached hydrogen (secondary N) is 2. The molecule has 0 aliphatic heterocycles. The van der Waals surface area contributed by atoms with E-state index in [0.29, 0.717) is 13.2 Å². The van der Waals surface area contributed by atoms with Crippen molar-refractivity contribution in [3.8, 4) is 0 Å². The predicted octanol–water partition coefficient (Wildman–Crippen LogP) is 0.420. The van der Waals surface area contributed by atoms with Crippen LogP contribution in [0.2, 0.25) is 0 Å². The van der Waals surface area contributed by atoms with Crippen molar-refractivity contribution in [2.45, 2.75) is 38.1 Å². The second-order valence-electron chi connectivity index (χ2n) is 4.28. The first kappa shape index (κ1) is 18.2. The molecule has 0 aromatic carbocycles. The van der Waals surface area contributed by atoms with Gasteiger partial charge in [-0.25, -0.2) is 9.59 Å². The van der Waals surface area contributed by atoms with Gasteiger partial charge in [0.2, 0.25) is 0 Å². The molecule has 1 atom stereocenters. The summed E-state index contributed by atoms with van der Waals surface area (Å²) in [5.74, 6) is -2.17. The summed E-state index contributed by atoms with van der Waals surface area (Å²) in [6, 6.07) is -1.64. The van der Waals surface area contributed by atoms with Crippen molar-refractivity contribution in [3.63, 3.8) is 0 Å². The monoisotopic (exact) mass is 290 g/mol. The van der Waals surface area contributed by atoms with E-state index in [1.807, 2.05) is 0 Å². The number of carbonyl (C=O) groups excluding carboxylic acids is 1. The standard InChI is InChI=1S/C12H22N2O6/c1-20-8-3-2-7-13-12(19)14-9(11(17)18)5-4-6-10(15)16/h9H,2-8H2,1H3,(H,15,16)(H,17,18)(H2,13,14,19)/t9-/m1/s1. The van der Waals surface area contributed by atoms with E-state index >= 15 is 0 Å². The van der Waals surface area contributed by atoms with Crippen LogP contribution in [0.1, 0.15) is 32.1 Å². The maximum atomic E-state index is 11.5. The lowest BCUT2D eigenvalue weighted by molar-refractivity contribution is -0.140. The molecule has 0 unspecified atom stereocenters. The van der Waals surface area contributed by atoms with Crippen LogP contribution in [0.4, 0.5) is 4.79 Å². The van der Waals surface area contributed by atoms with Crippen LogP contribution in [-0.2, 0) is 14.3 Å². The molecule has 0 aromatic heterocycles. The Kier molecular flexibility index (Phi) is 10.0. The van der Waals surface area contributed by atoms with Gasteiger partial charge in [-0.15, -0.1) is 0 Å². The summed E-state index contributed by atoms with van der Waals surface area (Å²) in [6.45, 7) is 1.03. The highest BCUT2D eigenvalue weighted by molar-refractivity contribution is 5.82. The van der Waals surface area contributed by atoms with E-state index in [4.69, 9.17) is 14.9 Å². The summed E-state index contributed by atoms with van der Waals surface area (Å²) in [5, 5.41) is 22.2. The van der Waals surface area contributed by atoms with Crippen LogP contribution < -0.4 is 10.6 Å². The minimum Gasteiger partial charge on any atom is -0.481 e. The lowest BCUT2D eigenvalue weighted by Crippen LogP contribution is -2.46. The lowest BCUT2D eigenvalue weighted by Gasteiger charge is -2.14. The topological polar surface area (TPSA) is 125 Å². The van der Waals surface area contributed by atoms with Gasteiger partial charge in [0.05, 0.1) is 0 Å². The maximum absolute atomic E-state index is 11.5. The normalized spacial score (nSPS) is 11.7. The van der Waals surface area contributed by atoms with E-state index in [2.05, 4.69) is 10.6 Å². The van der Waals surface area contributed by atoms with Gasteiger partial charge >= 0.3 is 18.0 Å². The van der Waals surface area contributed by atoms with Crippen LogP contribution in [0, 0.1) is 0 Å². The van der Waals surface area contributed by atoms with E-state index in [1.165, 1.54) is 0 Å². The van der Waals surface area contributed by atoms with Gasteiger partial charge < -0.3 is 25.6 Å². The van der Waals surface area contributed by atoms with Crippen molar-refractivity contribution >= 4 is 18.0 Å². The molecule has 116 valence electrons. The van der Waals surface area contributed by atoms with Gasteiger partial charge in [0.25, 0.3) is 0 Å². The second-order valence-corrected chi connectivity index (χ2v) is 4.28. The van der Waals surface area contributed by atoms with Crippen molar-refractivity contribution in [2.24, 2.45) is 0 Å². The fourth-order valence-corrected chi connectivity index (χ4v) is 1.50. The summed E-state index contributed by atoms with van der Waals surface area (Å²) < 4.78 is 4.85. The summed E-state index contributed by atoms with van der Waals surface area (Å²) in [7, 11) is 1.59. The molecular weight excluding hydrogens is 268 g/mol. The molecular formula is C12H22N2O6. The molecule has 0 fully saturated rings. The molecule has 20 heavy (non-hydrogen) atoms. The van der Waals surface area contributed by atoms with E-state index in [1.54, 1.807) is 7.11 Å². The minimum atomic E-state index is -1.18. The van der Waals surface area contributed by atoms with Crippen molar-refractivity contribution < 1.29 is 29.3 Å². The van der Waals surface area contributed by atoms with Gasteiger partial charge in [-0.1, -0.05) is 0 Å². The number of carbonyl (C=O) groups is 3. The van der Waals surface area contributed by atoms with E-state index in [0.717, 1.165) is 12.8 Å². The quantitative estimate of drug-likeness (QED) is 0.409. The number of carboxylic acids is 2. The molecule has 0 saturated carbocycles. The molecule has 0 spiro atoms. The average Bonchev–Trinajstić information content (AvgIpc) is 2.36. The number of methoxy groups -OCH3 is 1. The van der Waals surface area contributed by atoms with Gasteiger partial charge in [-0.3, -0.25) is 4.79 Å². The molecule has 0 bridgehead atoms. The molecule has 0 aromatic rings. The van der Waals surface area contributed by atoms with Crippen molar-refractivity contribution in [1.29, 1.82) is 0 Å². The number of unbranched alkanes of at least 4 members (excludes halogenated alkanes) is 1. The zero-order valence-corrected chi connectivity index (χ0v) is 11.6. The van der Waals surface area contributed by atoms with Gasteiger partial charge in [-0.05, 0) is 25.7 Å². The Hall–Kier alpha value is -1.83. The van der Waals surface area contributed by atoms with Crippen LogP contribution in [0.15, 0.2) is 0 Å². The predicted molar refractivity (Wildman–Crippen MR) is 70.6 cm³/mol. The first-order chi connectivity index (χ1) is 9.47. The zero-order valence-electron chi connectivity index (χ0n) is 11.6. The van der Waals surface area contributed by atoms with Crippen LogP contribution in [-0.4, -0.2) is 54.5 Å². The number of amides is 2. The van der Waals surface area contributed by atoms with Gasteiger partial charge in [0, 0.05) is 26.7 Å². The summed E-state index contributed by atoms with van der Waals surface area (Å²) in [6.07, 6.45) is 1.69. The van der Waals surface area contributed by atoms with Crippen molar-refractivity contribution in [2.75, 3.05) is 20.3 Å². The SMILES string of the molecule is COCCCCNC(=O)N[C@H](CCCC(=O)O)C(=O)O. The second kappa shape index (κ2) is 11.0. The first-order valence-corrected chi connectivity index (χ1v) is 6.45. The largest absolute Gasteiger partial charge is 0.481 e. The summed E-state index contributed by atoms with van der Waals surface area (Å²) in [5.41, 5.74) is 0. The minimum absolute atomic E-state index is 0.0821. The molecule has 0 aliphatic rings. The highest BCUT2D eigenvalue weighted by Crippen LogP contribution is 2.01. The third kappa shape index (κ3) is 10.1. The molecule has 2 amide bonds. The Morgan fingerprint density at radius 1 is 1.15 bits per heavy atom. The zero-order chi connectivity index (χ0) is 15.4. The Bertz CT molecular complexity index is 321. The number of rotatable bonds is 11. The van der Waals surface area contributed by atoms with Gasteiger partial charge in [0.1, 0.15) is 6.04 Å². The fourth-order valence-electron chi connectivity index (χ4n) is 1.50. The Morgan fingerprint density at radius 3 is 2.40 bits per heavy atom. The van der Waals surface area contributed by atoms with E-state index < -0.39 is 24.0 Å². The Morgan fingerprint density at radius 2 is 1.85 bits per heavy atom. The van der Waals surface area contributed by atoms with Gasteiger partial charge in [0.15, 0.2) is 0 Å². The number of aliphatic carboxylic acids is 2. The van der Waals surface area contributed by atoms with Crippen LogP contribution >= 0.6 is 0 Å². The Balaban J connectivity index is 3.89. The molecule has 0 heterocycles. The lowest BCUT2D eigenvalue weighted by atomic mass is 10.1. The van der Waals surface area contributed by atoms with Crippen LogP contribution in [0.5, 0.6) is 0 Å². The number of ether oxygens (including phenoxy) is 1. The molecule has 8 nitrogen and oxygen atoms in total. The fraction of sp³-hybridized carbons (Fsp3) is 0.750. The maximum Gasteiger partial charge on any atom is 0.326 e. The summed E-state index contributed by atoms with van der Waals surface area (Å²) >= 11 is 0. The third-order valence-corrected chi connectivity index (χ3v) is 2.55. The summed E-state index contributed by atoms with van der Waals surface area (Å²) in [4.78, 5) is 32.7. The van der Waals surface area contributed by atoms with Gasteiger partial charge in [-0.2, -0.15) is 0 Å². The highest BCUT2D eigenvalue weighted by atomic mass is 16.5. The van der Waals surface area contributed by atoms with Crippen LogP contribution in [0.3, 0.4) is 0 Å². The van der Waals surface area contributed by atoms with E-state index in [9.17, 15) is 14.4 Å². The molecule has 0 saturated heterocycles. The van der Waals surface area contributed by atoms with Crippen molar-refractivity contribution in [3.05, 3.63) is 0 Å². The number of urea groups is 1. The molecule has 4 N–H and O–H groups in total. The smallest absolute Gasteiger partial charge is 0.326 e.